The Balaban J connectivity index is 1.60. The number of rotatable bonds is 1. The number of para-hydroxylation sites is 1. The summed E-state index contributed by atoms with van der Waals surface area (Å²) in [6.07, 6.45) is -0.378. The molecule has 126 valence electrons. The van der Waals surface area contributed by atoms with Crippen molar-refractivity contribution in [1.29, 1.82) is 0 Å². The molecule has 6 nitrogen and oxygen atoms in total. The number of carbonyl (C=O) groups is 1. The summed E-state index contributed by atoms with van der Waals surface area (Å²) >= 11 is 0. The smallest absolute Gasteiger partial charge is 0.270 e. The van der Waals surface area contributed by atoms with E-state index in [1.807, 2.05) is 6.07 Å². The van der Waals surface area contributed by atoms with Crippen molar-refractivity contribution in [2.24, 2.45) is 11.8 Å². The van der Waals surface area contributed by atoms with Crippen LogP contribution in [0.4, 0.5) is 0 Å². The number of aromatic amines is 1. The number of aromatic nitrogens is 1. The van der Waals surface area contributed by atoms with E-state index in [0.717, 1.165) is 0 Å². The van der Waals surface area contributed by atoms with Crippen molar-refractivity contribution in [3.63, 3.8) is 0 Å². The highest BCUT2D eigenvalue weighted by atomic mass is 16.3. The maximum absolute atomic E-state index is 12.8. The molecular weight excluding hydrogens is 308 g/mol. The molecule has 2 aromatic rings. The molecule has 4 rings (SSSR count). The fraction of sp³-hybridized carbons (Fsp3) is 0.444. The fourth-order valence-corrected chi connectivity index (χ4v) is 4.06. The minimum Gasteiger partial charge on any atom is -0.390 e. The van der Waals surface area contributed by atoms with Crippen LogP contribution < -0.4 is 5.43 Å². The SMILES string of the molecule is O=C(c1cc(=O)c2ccccc2[nH]1)N1C[C@H]2C[C@H](O)[C@@H](O)C[C@H]2C1. The first-order chi connectivity index (χ1) is 11.5. The molecule has 2 fully saturated rings. The molecule has 1 aliphatic heterocycles. The molecule has 1 aliphatic carbocycles. The molecule has 2 aliphatic rings. The van der Waals surface area contributed by atoms with E-state index >= 15 is 0 Å². The van der Waals surface area contributed by atoms with Gasteiger partial charge in [-0.05, 0) is 36.8 Å². The first-order valence-electron chi connectivity index (χ1n) is 8.30. The summed E-state index contributed by atoms with van der Waals surface area (Å²) in [6.45, 7) is 1.12. The van der Waals surface area contributed by atoms with Crippen LogP contribution in [0.5, 0.6) is 0 Å². The lowest BCUT2D eigenvalue weighted by Crippen LogP contribution is -2.38. The van der Waals surface area contributed by atoms with E-state index in [0.29, 0.717) is 42.5 Å². The second kappa shape index (κ2) is 5.72. The van der Waals surface area contributed by atoms with Gasteiger partial charge in [-0.1, -0.05) is 12.1 Å². The van der Waals surface area contributed by atoms with Crippen molar-refractivity contribution in [2.45, 2.75) is 25.0 Å². The van der Waals surface area contributed by atoms with Gasteiger partial charge in [-0.25, -0.2) is 0 Å². The summed E-state index contributed by atoms with van der Waals surface area (Å²) in [5.74, 6) is 0.218. The fourth-order valence-electron chi connectivity index (χ4n) is 4.06. The summed E-state index contributed by atoms with van der Waals surface area (Å²) in [5, 5.41) is 20.2. The van der Waals surface area contributed by atoms with E-state index in [9.17, 15) is 19.8 Å². The number of aliphatic hydroxyl groups is 2. The summed E-state index contributed by atoms with van der Waals surface area (Å²) in [6, 6.07) is 8.48. The maximum atomic E-state index is 12.8. The van der Waals surface area contributed by atoms with Crippen molar-refractivity contribution in [2.75, 3.05) is 13.1 Å². The van der Waals surface area contributed by atoms with Crippen LogP contribution in [0, 0.1) is 11.8 Å². The third-order valence-electron chi connectivity index (χ3n) is 5.36. The summed E-state index contributed by atoms with van der Waals surface area (Å²) in [5.41, 5.74) is 0.768. The quantitative estimate of drug-likeness (QED) is 0.719. The Morgan fingerprint density at radius 1 is 1.08 bits per heavy atom. The van der Waals surface area contributed by atoms with Gasteiger partial charge in [0, 0.05) is 30.1 Å². The molecule has 0 spiro atoms. The number of fused-ring (bicyclic) bond motifs is 2. The van der Waals surface area contributed by atoms with E-state index in [1.165, 1.54) is 6.07 Å². The number of H-pyrrole nitrogens is 1. The number of nitrogens with zero attached hydrogens (tertiary/aromatic N) is 1. The molecule has 0 radical (unpaired) electrons. The van der Waals surface area contributed by atoms with Crippen LogP contribution in [-0.4, -0.2) is 51.3 Å². The molecule has 1 aromatic carbocycles. The first kappa shape index (κ1) is 15.4. The Hall–Kier alpha value is -2.18. The standard InChI is InChI=1S/C18H20N2O4/c21-15-7-14(19-13-4-2-1-3-12(13)15)18(24)20-8-10-5-16(22)17(23)6-11(10)9-20/h1-4,7,10-11,16-17,22-23H,5-6,8-9H2,(H,19,21)/t10-,11+,16-,17-/m0/s1. The highest BCUT2D eigenvalue weighted by Gasteiger charge is 2.42. The molecule has 0 bridgehead atoms. The van der Waals surface area contributed by atoms with Gasteiger partial charge in [0.05, 0.1) is 12.2 Å². The average Bonchev–Trinajstić information content (AvgIpc) is 2.97. The predicted molar refractivity (Wildman–Crippen MR) is 88.7 cm³/mol. The number of pyridine rings is 1. The van der Waals surface area contributed by atoms with Gasteiger partial charge in [0.1, 0.15) is 5.69 Å². The lowest BCUT2D eigenvalue weighted by Gasteiger charge is -2.31. The Labute approximate surface area is 138 Å². The zero-order valence-electron chi connectivity index (χ0n) is 13.2. The van der Waals surface area contributed by atoms with E-state index in [1.54, 1.807) is 23.1 Å². The van der Waals surface area contributed by atoms with Crippen molar-refractivity contribution < 1.29 is 15.0 Å². The van der Waals surface area contributed by atoms with Gasteiger partial charge in [0.25, 0.3) is 5.91 Å². The Morgan fingerprint density at radius 2 is 1.71 bits per heavy atom. The topological polar surface area (TPSA) is 93.6 Å². The largest absolute Gasteiger partial charge is 0.390 e. The van der Waals surface area contributed by atoms with Crippen molar-refractivity contribution in [3.8, 4) is 0 Å². The highest BCUT2D eigenvalue weighted by Crippen LogP contribution is 2.36. The van der Waals surface area contributed by atoms with Gasteiger partial charge >= 0.3 is 0 Å². The van der Waals surface area contributed by atoms with Crippen molar-refractivity contribution >= 4 is 16.8 Å². The molecule has 1 aromatic heterocycles. The highest BCUT2D eigenvalue weighted by molar-refractivity contribution is 5.95. The lowest BCUT2D eigenvalue weighted by atomic mass is 9.79. The normalized spacial score (nSPS) is 29.7. The van der Waals surface area contributed by atoms with Gasteiger partial charge in [-0.2, -0.15) is 0 Å². The van der Waals surface area contributed by atoms with E-state index in [2.05, 4.69) is 4.98 Å². The molecule has 1 saturated heterocycles. The molecule has 6 heteroatoms. The van der Waals surface area contributed by atoms with E-state index in [4.69, 9.17) is 0 Å². The summed E-state index contributed by atoms with van der Waals surface area (Å²) in [4.78, 5) is 29.8. The molecule has 0 unspecified atom stereocenters. The monoisotopic (exact) mass is 328 g/mol. The first-order valence-corrected chi connectivity index (χ1v) is 8.30. The maximum Gasteiger partial charge on any atom is 0.270 e. The van der Waals surface area contributed by atoms with Crippen molar-refractivity contribution in [3.05, 3.63) is 46.2 Å². The third-order valence-corrected chi connectivity index (χ3v) is 5.36. The zero-order chi connectivity index (χ0) is 16.8. The van der Waals surface area contributed by atoms with Crippen LogP contribution in [0.25, 0.3) is 10.9 Å². The van der Waals surface area contributed by atoms with E-state index < -0.39 is 12.2 Å². The minimum absolute atomic E-state index is 0.171. The number of hydrogen-bond acceptors (Lipinski definition) is 4. The summed E-state index contributed by atoms with van der Waals surface area (Å²) in [7, 11) is 0. The molecule has 24 heavy (non-hydrogen) atoms. The number of hydrogen-bond donors (Lipinski definition) is 3. The molecule has 2 heterocycles. The van der Waals surface area contributed by atoms with Gasteiger partial charge in [-0.3, -0.25) is 9.59 Å². The second-order valence-corrected chi connectivity index (χ2v) is 6.93. The van der Waals surface area contributed by atoms with Gasteiger partial charge in [0.2, 0.25) is 0 Å². The molecular formula is C18H20N2O4. The van der Waals surface area contributed by atoms with Crippen molar-refractivity contribution in [1.82, 2.24) is 9.88 Å². The number of carbonyl (C=O) groups excluding carboxylic acids is 1. The van der Waals surface area contributed by atoms with Crippen LogP contribution in [0.1, 0.15) is 23.3 Å². The Morgan fingerprint density at radius 3 is 2.38 bits per heavy atom. The number of aliphatic hydroxyl groups excluding tert-OH is 2. The molecule has 3 N–H and O–H groups in total. The van der Waals surface area contributed by atoms with Crippen LogP contribution >= 0.6 is 0 Å². The van der Waals surface area contributed by atoms with Gasteiger partial charge in [-0.15, -0.1) is 0 Å². The number of nitrogens with one attached hydrogen (secondary N) is 1. The number of amides is 1. The van der Waals surface area contributed by atoms with Gasteiger partial charge in [0.15, 0.2) is 5.43 Å². The molecule has 1 amide bonds. The van der Waals surface area contributed by atoms with E-state index in [-0.39, 0.29) is 23.2 Å². The Kier molecular flexibility index (Phi) is 3.66. The predicted octanol–water partition coefficient (Wildman–Crippen LogP) is 0.732. The van der Waals surface area contributed by atoms with Gasteiger partial charge < -0.3 is 20.1 Å². The van der Waals surface area contributed by atoms with Crippen LogP contribution in [0.15, 0.2) is 35.1 Å². The number of benzene rings is 1. The van der Waals surface area contributed by atoms with Crippen LogP contribution in [0.3, 0.4) is 0 Å². The molecule has 1 saturated carbocycles. The summed E-state index contributed by atoms with van der Waals surface area (Å²) < 4.78 is 0. The third kappa shape index (κ3) is 2.52. The lowest BCUT2D eigenvalue weighted by molar-refractivity contribution is -0.0372. The second-order valence-electron chi connectivity index (χ2n) is 6.93. The zero-order valence-corrected chi connectivity index (χ0v) is 13.2. The molecule has 4 atom stereocenters. The Bertz CT molecular complexity index is 828. The average molecular weight is 328 g/mol. The van der Waals surface area contributed by atoms with Crippen LogP contribution in [0.2, 0.25) is 0 Å². The number of likely N-dealkylation sites (tertiary alicyclic amines) is 1. The minimum atomic E-state index is -0.707. The van der Waals surface area contributed by atoms with Crippen LogP contribution in [-0.2, 0) is 0 Å².